The zero-order chi connectivity index (χ0) is 13.2. The molecule has 0 bridgehead atoms. The molecule has 0 radical (unpaired) electrons. The second-order valence-corrected chi connectivity index (χ2v) is 5.40. The molecule has 1 saturated heterocycles. The Morgan fingerprint density at radius 3 is 2.22 bits per heavy atom. The van der Waals surface area contributed by atoms with Gasteiger partial charge in [-0.1, -0.05) is 0 Å². The maximum absolute atomic E-state index is 11.2. The summed E-state index contributed by atoms with van der Waals surface area (Å²) >= 11 is 0. The molecule has 2 rings (SSSR count). The van der Waals surface area contributed by atoms with Crippen LogP contribution in [0.4, 0.5) is 5.69 Å². The number of hydrogen-bond acceptors (Lipinski definition) is 3. The second-order valence-electron chi connectivity index (χ2n) is 5.40. The van der Waals surface area contributed by atoms with E-state index < -0.39 is 0 Å². The highest BCUT2D eigenvalue weighted by molar-refractivity contribution is 5.94. The highest BCUT2D eigenvalue weighted by atomic mass is 16.1. The van der Waals surface area contributed by atoms with E-state index in [1.165, 1.54) is 5.69 Å². The van der Waals surface area contributed by atoms with E-state index in [4.69, 9.17) is 0 Å². The maximum atomic E-state index is 11.2. The van der Waals surface area contributed by atoms with Gasteiger partial charge in [-0.05, 0) is 58.0 Å². The summed E-state index contributed by atoms with van der Waals surface area (Å²) in [6.07, 6.45) is 2.30. The summed E-state index contributed by atoms with van der Waals surface area (Å²) in [4.78, 5) is 13.6. The molecule has 1 aromatic carbocycles. The lowest BCUT2D eigenvalue weighted by Gasteiger charge is -2.40. The minimum atomic E-state index is 0.128. The number of anilines is 1. The first kappa shape index (κ1) is 13.1. The molecular weight excluding hydrogens is 224 g/mol. The smallest absolute Gasteiger partial charge is 0.159 e. The van der Waals surface area contributed by atoms with Crippen LogP contribution in [0, 0.1) is 0 Å². The number of rotatable bonds is 3. The van der Waals surface area contributed by atoms with Crippen LogP contribution in [0.2, 0.25) is 0 Å². The van der Waals surface area contributed by atoms with Crippen molar-refractivity contribution in [3.8, 4) is 0 Å². The molecule has 0 amide bonds. The highest BCUT2D eigenvalue weighted by Crippen LogP contribution is 2.25. The average molecular weight is 246 g/mol. The lowest BCUT2D eigenvalue weighted by Crippen LogP contribution is -2.50. The Bertz CT molecular complexity index is 417. The van der Waals surface area contributed by atoms with Gasteiger partial charge in [0, 0.05) is 29.9 Å². The van der Waals surface area contributed by atoms with Gasteiger partial charge in [0.1, 0.15) is 0 Å². The fraction of sp³-hybridized carbons (Fsp3) is 0.533. The molecule has 1 fully saturated rings. The van der Waals surface area contributed by atoms with Crippen molar-refractivity contribution in [1.82, 2.24) is 5.32 Å². The van der Waals surface area contributed by atoms with E-state index in [9.17, 15) is 4.79 Å². The van der Waals surface area contributed by atoms with Crippen LogP contribution in [0.25, 0.3) is 0 Å². The van der Waals surface area contributed by atoms with Gasteiger partial charge >= 0.3 is 0 Å². The third-order valence-electron chi connectivity index (χ3n) is 4.11. The fourth-order valence-corrected chi connectivity index (χ4v) is 2.42. The van der Waals surface area contributed by atoms with E-state index in [1.807, 2.05) is 19.2 Å². The minimum Gasteiger partial charge on any atom is -0.371 e. The van der Waals surface area contributed by atoms with Gasteiger partial charge in [-0.25, -0.2) is 0 Å². The maximum Gasteiger partial charge on any atom is 0.159 e. The summed E-state index contributed by atoms with van der Waals surface area (Å²) in [7, 11) is 2.04. The molecule has 0 aromatic heterocycles. The van der Waals surface area contributed by atoms with Crippen molar-refractivity contribution in [3.05, 3.63) is 29.8 Å². The number of Topliss-reactive ketones (excluding diaryl/α,β-unsaturated/α-hetero) is 1. The standard InChI is InChI=1S/C15H22N2O/c1-12(18)13-4-6-14(7-5-13)17-10-8-15(2,16-3)9-11-17/h4-7,16H,8-11H2,1-3H3. The van der Waals surface area contributed by atoms with Gasteiger partial charge < -0.3 is 10.2 Å². The first-order chi connectivity index (χ1) is 8.54. The number of carbonyl (C=O) groups excluding carboxylic acids is 1. The van der Waals surface area contributed by atoms with Gasteiger partial charge in [0.25, 0.3) is 0 Å². The Morgan fingerprint density at radius 1 is 1.22 bits per heavy atom. The van der Waals surface area contributed by atoms with E-state index in [-0.39, 0.29) is 11.3 Å². The molecule has 0 unspecified atom stereocenters. The summed E-state index contributed by atoms with van der Waals surface area (Å²) in [6.45, 7) is 6.02. The Morgan fingerprint density at radius 2 is 1.78 bits per heavy atom. The topological polar surface area (TPSA) is 32.3 Å². The Hall–Kier alpha value is -1.35. The van der Waals surface area contributed by atoms with Crippen LogP contribution < -0.4 is 10.2 Å². The van der Waals surface area contributed by atoms with E-state index in [0.29, 0.717) is 0 Å². The van der Waals surface area contributed by atoms with Crippen molar-refractivity contribution >= 4 is 11.5 Å². The van der Waals surface area contributed by atoms with Crippen LogP contribution in [0.1, 0.15) is 37.0 Å². The molecule has 1 aromatic rings. The van der Waals surface area contributed by atoms with Crippen molar-refractivity contribution in [2.24, 2.45) is 0 Å². The Balaban J connectivity index is 2.03. The van der Waals surface area contributed by atoms with Gasteiger partial charge in [0.15, 0.2) is 5.78 Å². The highest BCUT2D eigenvalue weighted by Gasteiger charge is 2.28. The first-order valence-corrected chi connectivity index (χ1v) is 6.59. The Labute approximate surface area is 109 Å². The van der Waals surface area contributed by atoms with E-state index in [2.05, 4.69) is 29.3 Å². The number of ketones is 1. The summed E-state index contributed by atoms with van der Waals surface area (Å²) in [5.74, 6) is 0.128. The van der Waals surface area contributed by atoms with Crippen molar-refractivity contribution < 1.29 is 4.79 Å². The van der Waals surface area contributed by atoms with Gasteiger partial charge in [-0.3, -0.25) is 4.79 Å². The van der Waals surface area contributed by atoms with Crippen molar-refractivity contribution in [2.45, 2.75) is 32.2 Å². The molecular formula is C15H22N2O. The second kappa shape index (κ2) is 5.11. The molecule has 3 heteroatoms. The van der Waals surface area contributed by atoms with Crippen molar-refractivity contribution in [1.29, 1.82) is 0 Å². The number of carbonyl (C=O) groups is 1. The summed E-state index contributed by atoms with van der Waals surface area (Å²) in [5.41, 5.74) is 2.28. The predicted molar refractivity (Wildman–Crippen MR) is 75.4 cm³/mol. The van der Waals surface area contributed by atoms with Gasteiger partial charge in [0.2, 0.25) is 0 Å². The van der Waals surface area contributed by atoms with Crippen LogP contribution in [0.3, 0.4) is 0 Å². The molecule has 0 atom stereocenters. The predicted octanol–water partition coefficient (Wildman–Crippen LogP) is 2.47. The van der Waals surface area contributed by atoms with Crippen LogP contribution >= 0.6 is 0 Å². The number of benzene rings is 1. The number of piperidine rings is 1. The third-order valence-corrected chi connectivity index (χ3v) is 4.11. The zero-order valence-electron chi connectivity index (χ0n) is 11.5. The molecule has 18 heavy (non-hydrogen) atoms. The van der Waals surface area contributed by atoms with E-state index in [0.717, 1.165) is 31.5 Å². The molecule has 1 N–H and O–H groups in total. The van der Waals surface area contributed by atoms with Crippen molar-refractivity contribution in [3.63, 3.8) is 0 Å². The zero-order valence-corrected chi connectivity index (χ0v) is 11.5. The quantitative estimate of drug-likeness (QED) is 0.832. The third kappa shape index (κ3) is 2.72. The van der Waals surface area contributed by atoms with Crippen LogP contribution in [-0.4, -0.2) is 31.5 Å². The normalized spacial score (nSPS) is 18.7. The average Bonchev–Trinajstić information content (AvgIpc) is 2.40. The first-order valence-electron chi connectivity index (χ1n) is 6.59. The molecule has 3 nitrogen and oxygen atoms in total. The SMILES string of the molecule is CNC1(C)CCN(c2ccc(C(C)=O)cc2)CC1. The van der Waals surface area contributed by atoms with Gasteiger partial charge in [0.05, 0.1) is 0 Å². The summed E-state index contributed by atoms with van der Waals surface area (Å²) < 4.78 is 0. The van der Waals surface area contributed by atoms with Crippen LogP contribution in [-0.2, 0) is 0 Å². The summed E-state index contributed by atoms with van der Waals surface area (Å²) in [6, 6.07) is 7.95. The molecule has 0 spiro atoms. The molecule has 0 aliphatic carbocycles. The van der Waals surface area contributed by atoms with Gasteiger partial charge in [-0.15, -0.1) is 0 Å². The molecule has 1 aliphatic heterocycles. The lowest BCUT2D eigenvalue weighted by atomic mass is 9.89. The van der Waals surface area contributed by atoms with Crippen LogP contribution in [0.15, 0.2) is 24.3 Å². The monoisotopic (exact) mass is 246 g/mol. The molecule has 1 heterocycles. The molecule has 98 valence electrons. The number of nitrogens with zero attached hydrogens (tertiary/aromatic N) is 1. The summed E-state index contributed by atoms with van der Waals surface area (Å²) in [5, 5.41) is 3.41. The van der Waals surface area contributed by atoms with Crippen LogP contribution in [0.5, 0.6) is 0 Å². The fourth-order valence-electron chi connectivity index (χ4n) is 2.42. The molecule has 1 aliphatic rings. The van der Waals surface area contributed by atoms with Crippen molar-refractivity contribution in [2.75, 3.05) is 25.0 Å². The lowest BCUT2D eigenvalue weighted by molar-refractivity contribution is 0.101. The number of nitrogens with one attached hydrogen (secondary N) is 1. The van der Waals surface area contributed by atoms with E-state index >= 15 is 0 Å². The number of hydrogen-bond donors (Lipinski definition) is 1. The minimum absolute atomic E-state index is 0.128. The Kier molecular flexibility index (Phi) is 3.71. The molecule has 0 saturated carbocycles. The largest absolute Gasteiger partial charge is 0.371 e. The van der Waals surface area contributed by atoms with E-state index in [1.54, 1.807) is 6.92 Å². The van der Waals surface area contributed by atoms with Gasteiger partial charge in [-0.2, -0.15) is 0 Å².